The third kappa shape index (κ3) is 5.60. The molecule has 0 aliphatic carbocycles. The average molecular weight is 367 g/mol. The molecule has 2 aromatic heterocycles. The number of hydrogen-bond acceptors (Lipinski definition) is 5. The molecule has 3 rings (SSSR count). The lowest BCUT2D eigenvalue weighted by Crippen LogP contribution is -2.33. The number of anilines is 1. The molecular weight excluding hydrogens is 336 g/mol. The van der Waals surface area contributed by atoms with E-state index in [-0.39, 0.29) is 5.78 Å². The van der Waals surface area contributed by atoms with E-state index in [0.29, 0.717) is 16.7 Å². The van der Waals surface area contributed by atoms with Crippen LogP contribution >= 0.6 is 0 Å². The summed E-state index contributed by atoms with van der Waals surface area (Å²) >= 11 is 0. The lowest BCUT2D eigenvalue weighted by Gasteiger charge is -2.26. The largest absolute Gasteiger partial charge is 0.355 e. The number of rotatable bonds is 5. The Morgan fingerprint density at radius 3 is 2.67 bits per heavy atom. The molecule has 1 aliphatic heterocycles. The Morgan fingerprint density at radius 1 is 1.07 bits per heavy atom. The van der Waals surface area contributed by atoms with Crippen LogP contribution in [-0.2, 0) is 0 Å². The highest BCUT2D eigenvalue weighted by molar-refractivity contribution is 6.07. The minimum atomic E-state index is -0.0772. The van der Waals surface area contributed by atoms with Gasteiger partial charge in [-0.15, -0.1) is 0 Å². The highest BCUT2D eigenvalue weighted by atomic mass is 16.1. The van der Waals surface area contributed by atoms with Gasteiger partial charge in [-0.1, -0.05) is 26.8 Å². The highest BCUT2D eigenvalue weighted by Gasteiger charge is 2.19. The van der Waals surface area contributed by atoms with E-state index in [0.717, 1.165) is 45.0 Å². The molecule has 27 heavy (non-hydrogen) atoms. The van der Waals surface area contributed by atoms with Gasteiger partial charge in [0, 0.05) is 37.6 Å². The quantitative estimate of drug-likeness (QED) is 0.756. The molecule has 0 bridgehead atoms. The van der Waals surface area contributed by atoms with Crippen LogP contribution in [0.4, 0.5) is 5.82 Å². The fraction of sp³-hybridized carbons (Fsp3) is 0.500. The number of nitrogens with zero attached hydrogens (tertiary/aromatic N) is 4. The van der Waals surface area contributed by atoms with Crippen LogP contribution < -0.4 is 4.90 Å². The third-order valence-corrected chi connectivity index (χ3v) is 4.98. The molecular formula is C22H30N4O. The Balaban J connectivity index is 1.66. The summed E-state index contributed by atoms with van der Waals surface area (Å²) in [6, 6.07) is 9.27. The number of ketones is 1. The fourth-order valence-electron chi connectivity index (χ4n) is 3.29. The minimum Gasteiger partial charge on any atom is -0.355 e. The molecule has 1 saturated heterocycles. The summed E-state index contributed by atoms with van der Waals surface area (Å²) in [4.78, 5) is 26.2. The lowest BCUT2D eigenvalue weighted by molar-refractivity contribution is 0.103. The Hall–Kier alpha value is -2.27. The van der Waals surface area contributed by atoms with Crippen molar-refractivity contribution in [2.24, 2.45) is 5.41 Å². The van der Waals surface area contributed by atoms with Gasteiger partial charge in [0.25, 0.3) is 0 Å². The van der Waals surface area contributed by atoms with Crippen LogP contribution in [0, 0.1) is 5.41 Å². The van der Waals surface area contributed by atoms with Crippen LogP contribution in [0.15, 0.2) is 42.7 Å². The van der Waals surface area contributed by atoms with Gasteiger partial charge in [0.15, 0.2) is 0 Å². The minimum absolute atomic E-state index is 0.0772. The van der Waals surface area contributed by atoms with Gasteiger partial charge < -0.3 is 9.80 Å². The van der Waals surface area contributed by atoms with Crippen LogP contribution in [-0.4, -0.2) is 53.4 Å². The van der Waals surface area contributed by atoms with E-state index in [9.17, 15) is 4.79 Å². The maximum Gasteiger partial charge on any atom is 0.212 e. The number of hydrogen-bond donors (Lipinski definition) is 0. The normalized spacial score (nSPS) is 16.2. The molecule has 0 unspecified atom stereocenters. The topological polar surface area (TPSA) is 49.3 Å². The molecule has 0 atom stereocenters. The molecule has 5 nitrogen and oxygen atoms in total. The summed E-state index contributed by atoms with van der Waals surface area (Å²) < 4.78 is 0. The number of carbonyl (C=O) groups excluding carboxylic acids is 1. The van der Waals surface area contributed by atoms with Gasteiger partial charge in [-0.2, -0.15) is 0 Å². The van der Waals surface area contributed by atoms with Crippen molar-refractivity contribution in [3.8, 4) is 0 Å². The van der Waals surface area contributed by atoms with E-state index < -0.39 is 0 Å². The first-order valence-electron chi connectivity index (χ1n) is 9.81. The zero-order valence-electron chi connectivity index (χ0n) is 16.7. The van der Waals surface area contributed by atoms with Gasteiger partial charge in [0.05, 0.1) is 0 Å². The highest BCUT2D eigenvalue weighted by Crippen LogP contribution is 2.20. The first-order chi connectivity index (χ1) is 12.9. The summed E-state index contributed by atoms with van der Waals surface area (Å²) in [6.45, 7) is 12.1. The second-order valence-corrected chi connectivity index (χ2v) is 8.44. The Labute approximate surface area is 162 Å². The van der Waals surface area contributed by atoms with E-state index >= 15 is 0 Å². The first kappa shape index (κ1) is 19.5. The van der Waals surface area contributed by atoms with Crippen LogP contribution in [0.2, 0.25) is 0 Å². The van der Waals surface area contributed by atoms with Crippen LogP contribution in [0.1, 0.15) is 49.7 Å². The molecule has 0 spiro atoms. The molecule has 0 saturated carbocycles. The molecule has 1 aliphatic rings. The summed E-state index contributed by atoms with van der Waals surface area (Å²) in [6.07, 6.45) is 5.59. The fourth-order valence-corrected chi connectivity index (χ4v) is 3.29. The molecule has 1 fully saturated rings. The Kier molecular flexibility index (Phi) is 6.22. The Bertz CT molecular complexity index is 754. The zero-order chi connectivity index (χ0) is 19.3. The predicted molar refractivity (Wildman–Crippen MR) is 109 cm³/mol. The second-order valence-electron chi connectivity index (χ2n) is 8.44. The van der Waals surface area contributed by atoms with E-state index in [1.807, 2.05) is 12.1 Å². The number of carbonyl (C=O) groups is 1. The molecule has 2 aromatic rings. The number of pyridine rings is 2. The van der Waals surface area contributed by atoms with E-state index in [2.05, 4.69) is 40.5 Å². The molecule has 0 radical (unpaired) electrons. The van der Waals surface area contributed by atoms with Gasteiger partial charge in [-0.3, -0.25) is 9.78 Å². The molecule has 0 N–H and O–H groups in total. The third-order valence-electron chi connectivity index (χ3n) is 4.98. The van der Waals surface area contributed by atoms with Crippen molar-refractivity contribution in [1.29, 1.82) is 0 Å². The van der Waals surface area contributed by atoms with E-state index in [1.54, 1.807) is 30.6 Å². The maximum atomic E-state index is 12.7. The van der Waals surface area contributed by atoms with Crippen molar-refractivity contribution in [2.75, 3.05) is 37.6 Å². The number of aromatic nitrogens is 2. The molecule has 3 heterocycles. The lowest BCUT2D eigenvalue weighted by atomic mass is 9.92. The average Bonchev–Trinajstić information content (AvgIpc) is 2.92. The van der Waals surface area contributed by atoms with E-state index in [1.165, 1.54) is 6.42 Å². The van der Waals surface area contributed by atoms with Crippen molar-refractivity contribution in [2.45, 2.75) is 33.6 Å². The maximum absolute atomic E-state index is 12.7. The monoisotopic (exact) mass is 366 g/mol. The van der Waals surface area contributed by atoms with Gasteiger partial charge >= 0.3 is 0 Å². The first-order valence-corrected chi connectivity index (χ1v) is 9.81. The van der Waals surface area contributed by atoms with Crippen LogP contribution in [0.25, 0.3) is 0 Å². The van der Waals surface area contributed by atoms with Crippen molar-refractivity contribution >= 4 is 11.6 Å². The SMILES string of the molecule is CC(C)(C)CCN1CCCN(c2cccc(C(=O)c3cccnc3)n2)CC1. The second kappa shape index (κ2) is 8.61. The van der Waals surface area contributed by atoms with Crippen molar-refractivity contribution in [3.05, 3.63) is 54.0 Å². The molecule has 5 heteroatoms. The zero-order valence-corrected chi connectivity index (χ0v) is 16.7. The van der Waals surface area contributed by atoms with Crippen molar-refractivity contribution in [1.82, 2.24) is 14.9 Å². The van der Waals surface area contributed by atoms with Gasteiger partial charge in [-0.25, -0.2) is 4.98 Å². The van der Waals surface area contributed by atoms with Gasteiger partial charge in [0.1, 0.15) is 11.5 Å². The molecule has 0 amide bonds. The smallest absolute Gasteiger partial charge is 0.212 e. The summed E-state index contributed by atoms with van der Waals surface area (Å²) in [5.41, 5.74) is 1.43. The Morgan fingerprint density at radius 2 is 1.93 bits per heavy atom. The van der Waals surface area contributed by atoms with Crippen LogP contribution in [0.5, 0.6) is 0 Å². The summed E-state index contributed by atoms with van der Waals surface area (Å²) in [5, 5.41) is 0. The van der Waals surface area contributed by atoms with Crippen LogP contribution in [0.3, 0.4) is 0 Å². The van der Waals surface area contributed by atoms with Gasteiger partial charge in [-0.05, 0) is 55.6 Å². The molecule has 144 valence electrons. The standard InChI is InChI=1S/C22H30N4O/c1-22(2,3)10-14-25-12-6-13-26(16-15-25)20-9-4-8-19(24-20)21(27)18-7-5-11-23-17-18/h4-5,7-9,11,17H,6,10,12-16H2,1-3H3. The van der Waals surface area contributed by atoms with Crippen molar-refractivity contribution < 1.29 is 4.79 Å². The van der Waals surface area contributed by atoms with Gasteiger partial charge in [0.2, 0.25) is 5.78 Å². The molecule has 0 aromatic carbocycles. The van der Waals surface area contributed by atoms with E-state index in [4.69, 9.17) is 0 Å². The summed E-state index contributed by atoms with van der Waals surface area (Å²) in [7, 11) is 0. The summed E-state index contributed by atoms with van der Waals surface area (Å²) in [5.74, 6) is 0.814. The van der Waals surface area contributed by atoms with Crippen molar-refractivity contribution in [3.63, 3.8) is 0 Å². The predicted octanol–water partition coefficient (Wildman–Crippen LogP) is 3.66.